The van der Waals surface area contributed by atoms with E-state index >= 15 is 0 Å². The largest absolute Gasteiger partial charge is 1.00 e. The Morgan fingerprint density at radius 3 is 1.53 bits per heavy atom. The minimum atomic E-state index is -6.80. The Balaban J connectivity index is 0.00000324. The number of ether oxygens (including phenoxy) is 1. The molecule has 0 spiro atoms. The van der Waals surface area contributed by atoms with Gasteiger partial charge in [0.15, 0.2) is 0 Å². The van der Waals surface area contributed by atoms with Crippen molar-refractivity contribution in [2.24, 2.45) is 0 Å². The van der Waals surface area contributed by atoms with Crippen molar-refractivity contribution in [1.82, 2.24) is 0 Å². The van der Waals surface area contributed by atoms with Gasteiger partial charge in [0.2, 0.25) is 0 Å². The van der Waals surface area contributed by atoms with Crippen LogP contribution in [0.3, 0.4) is 0 Å². The van der Waals surface area contributed by atoms with Crippen molar-refractivity contribution in [3.8, 4) is 0 Å². The summed E-state index contributed by atoms with van der Waals surface area (Å²) in [6.45, 7) is 0. The minimum Gasteiger partial charge on any atom is -0.544 e. The molecule has 1 atom stereocenters. The van der Waals surface area contributed by atoms with Crippen LogP contribution in [0.25, 0.3) is 0 Å². The second kappa shape index (κ2) is 4.73. The maximum Gasteiger partial charge on any atom is 1.00 e. The van der Waals surface area contributed by atoms with Crippen molar-refractivity contribution < 1.29 is 106 Å². The zero-order valence-corrected chi connectivity index (χ0v) is 11.7. The third-order valence-corrected chi connectivity index (χ3v) is 2.09. The van der Waals surface area contributed by atoms with Crippen LogP contribution in [0.5, 0.6) is 0 Å². The fourth-order valence-electron chi connectivity index (χ4n) is 1.08. The van der Waals surface area contributed by atoms with Gasteiger partial charge in [0, 0.05) is 0 Å². The first-order valence-electron chi connectivity index (χ1n) is 3.77. The first-order chi connectivity index (χ1) is 7.65. The summed E-state index contributed by atoms with van der Waals surface area (Å²) < 4.78 is 115. The summed E-state index contributed by atoms with van der Waals surface area (Å²) in [5.41, 5.74) is 0. The first kappa shape index (κ1) is 19.4. The molecule has 1 aliphatic rings. The van der Waals surface area contributed by atoms with Crippen molar-refractivity contribution in [2.45, 2.75) is 29.7 Å². The zero-order valence-electron chi connectivity index (χ0n) is 8.63. The topological polar surface area (TPSA) is 49.4 Å². The molecule has 19 heavy (non-hydrogen) atoms. The number of rotatable bonds is 2. The molecule has 0 saturated carbocycles. The van der Waals surface area contributed by atoms with Crippen molar-refractivity contribution in [2.75, 3.05) is 0 Å². The molecule has 0 bridgehead atoms. The van der Waals surface area contributed by atoms with Gasteiger partial charge in [-0.3, -0.25) is 4.74 Å². The summed E-state index contributed by atoms with van der Waals surface area (Å²) >= 11 is 0. The normalized spacial score (nSPS) is 31.6. The van der Waals surface area contributed by atoms with E-state index in [4.69, 9.17) is 0 Å². The Kier molecular flexibility index (Phi) is 4.84. The number of halogens is 9. The molecule has 3 nitrogen and oxygen atoms in total. The number of carboxylic acid groups (broad SMARTS) is 1. The van der Waals surface area contributed by atoms with Gasteiger partial charge < -0.3 is 9.90 Å². The van der Waals surface area contributed by atoms with Crippen LogP contribution in [0.1, 0.15) is 0 Å². The average Bonchev–Trinajstić information content (AvgIpc) is 2.23. The molecule has 0 amide bonds. The van der Waals surface area contributed by atoms with Gasteiger partial charge in [-0.15, -0.1) is 0 Å². The summed E-state index contributed by atoms with van der Waals surface area (Å²) in [6, 6.07) is 0. The van der Waals surface area contributed by atoms with Gasteiger partial charge in [-0.2, -0.15) is 39.5 Å². The Labute approximate surface area is 140 Å². The zero-order chi connectivity index (χ0) is 14.8. The Morgan fingerprint density at radius 1 is 0.947 bits per heavy atom. The van der Waals surface area contributed by atoms with Crippen LogP contribution < -0.4 is 56.5 Å². The summed E-state index contributed by atoms with van der Waals surface area (Å²) in [5.74, 6) is -30.3. The number of hydrogen-bond acceptors (Lipinski definition) is 3. The number of carbonyl (C=O) groups is 1. The molecule has 1 heterocycles. The molecule has 0 N–H and O–H groups in total. The van der Waals surface area contributed by atoms with Gasteiger partial charge >= 0.3 is 81.1 Å². The van der Waals surface area contributed by atoms with E-state index in [1.165, 1.54) is 0 Å². The maximum absolute atomic E-state index is 13.0. The number of aliphatic carboxylic acids is 1. The summed E-state index contributed by atoms with van der Waals surface area (Å²) in [7, 11) is 0. The van der Waals surface area contributed by atoms with Gasteiger partial charge in [-0.25, -0.2) is 0 Å². The fraction of sp³-hybridized carbons (Fsp3) is 0.833. The molecule has 1 aliphatic heterocycles. The Hall–Kier alpha value is 0.436. The van der Waals surface area contributed by atoms with Crippen LogP contribution in [0, 0.1) is 0 Å². The van der Waals surface area contributed by atoms with E-state index < -0.39 is 35.7 Å². The second-order valence-corrected chi connectivity index (χ2v) is 3.22. The van der Waals surface area contributed by atoms with Gasteiger partial charge in [-0.1, -0.05) is 0 Å². The van der Waals surface area contributed by atoms with E-state index in [1.807, 2.05) is 4.74 Å². The van der Waals surface area contributed by atoms with Crippen molar-refractivity contribution in [1.29, 1.82) is 0 Å². The summed E-state index contributed by atoms with van der Waals surface area (Å²) in [4.78, 5) is 9.72. The van der Waals surface area contributed by atoms with Crippen molar-refractivity contribution in [3.63, 3.8) is 0 Å². The molecule has 1 saturated heterocycles. The van der Waals surface area contributed by atoms with E-state index in [0.717, 1.165) is 0 Å². The van der Waals surface area contributed by atoms with E-state index in [-0.39, 0.29) is 51.4 Å². The molecular weight excluding hydrogens is 330 g/mol. The molecule has 1 fully saturated rings. The standard InChI is InChI=1S/C6HF9O3.K/c7-2(8,1(16)17)5(13)3(9,10)4(11,12)6(14,15)18-5;/h(H,16,17);/q;+1/p-1. The molecule has 1 rings (SSSR count). The monoisotopic (exact) mass is 330 g/mol. The molecule has 1 unspecified atom stereocenters. The van der Waals surface area contributed by atoms with Crippen LogP contribution in [0.15, 0.2) is 0 Å². The number of hydrogen-bond donors (Lipinski definition) is 0. The molecule has 106 valence electrons. The number of carboxylic acids is 1. The van der Waals surface area contributed by atoms with Crippen LogP contribution in [-0.2, 0) is 9.53 Å². The predicted octanol–water partition coefficient (Wildman–Crippen LogP) is -2.07. The average molecular weight is 330 g/mol. The fourth-order valence-corrected chi connectivity index (χ4v) is 1.08. The van der Waals surface area contributed by atoms with Gasteiger partial charge in [0.1, 0.15) is 5.97 Å². The molecule has 0 aromatic carbocycles. The quantitative estimate of drug-likeness (QED) is 0.432. The predicted molar refractivity (Wildman–Crippen MR) is 29.7 cm³/mol. The van der Waals surface area contributed by atoms with E-state index in [2.05, 4.69) is 0 Å². The van der Waals surface area contributed by atoms with Gasteiger partial charge in [-0.05, 0) is 0 Å². The molecule has 0 aliphatic carbocycles. The van der Waals surface area contributed by atoms with Crippen LogP contribution in [0.2, 0.25) is 0 Å². The van der Waals surface area contributed by atoms with Crippen molar-refractivity contribution in [3.05, 3.63) is 0 Å². The SMILES string of the molecule is O=C([O-])C(F)(F)C1(F)OC(F)(F)C(F)(F)C1(F)F.[K+]. The Bertz CT molecular complexity index is 397. The molecule has 13 heteroatoms. The third kappa shape index (κ3) is 2.12. The van der Waals surface area contributed by atoms with Gasteiger partial charge in [0.05, 0.1) is 0 Å². The number of carbonyl (C=O) groups excluding carboxylic acids is 1. The van der Waals surface area contributed by atoms with Crippen LogP contribution in [0.4, 0.5) is 39.5 Å². The third-order valence-electron chi connectivity index (χ3n) is 2.09. The van der Waals surface area contributed by atoms with E-state index in [9.17, 15) is 49.4 Å². The van der Waals surface area contributed by atoms with E-state index in [1.54, 1.807) is 0 Å². The maximum atomic E-state index is 13.0. The van der Waals surface area contributed by atoms with E-state index in [0.29, 0.717) is 0 Å². The number of alkyl halides is 9. The summed E-state index contributed by atoms with van der Waals surface area (Å²) in [5, 5.41) is 9.72. The first-order valence-corrected chi connectivity index (χ1v) is 3.77. The van der Waals surface area contributed by atoms with Crippen molar-refractivity contribution >= 4 is 5.97 Å². The Morgan fingerprint density at radius 2 is 1.32 bits per heavy atom. The van der Waals surface area contributed by atoms with Crippen LogP contribution >= 0.6 is 0 Å². The summed E-state index contributed by atoms with van der Waals surface area (Å²) in [6.07, 6.45) is -6.33. The smallest absolute Gasteiger partial charge is 0.544 e. The second-order valence-electron chi connectivity index (χ2n) is 3.22. The molecule has 0 radical (unpaired) electrons. The molecule has 0 aromatic rings. The molecule has 0 aromatic heterocycles. The molecular formula is C6F9KO3. The minimum absolute atomic E-state index is 0. The van der Waals surface area contributed by atoms with Crippen LogP contribution in [-0.4, -0.2) is 35.7 Å². The van der Waals surface area contributed by atoms with Gasteiger partial charge in [0.25, 0.3) is 0 Å².